The van der Waals surface area contributed by atoms with E-state index in [-0.39, 0.29) is 12.3 Å². The zero-order valence-electron chi connectivity index (χ0n) is 19.3. The quantitative estimate of drug-likeness (QED) is 0.280. The highest BCUT2D eigenvalue weighted by molar-refractivity contribution is 5.93. The number of para-hydroxylation sites is 2. The number of hydrogen-bond acceptors (Lipinski definition) is 5. The maximum atomic E-state index is 12.2. The number of unbranched alkanes of at least 4 members (excludes halogenated alkanes) is 1. The van der Waals surface area contributed by atoms with E-state index in [9.17, 15) is 9.59 Å². The summed E-state index contributed by atoms with van der Waals surface area (Å²) >= 11 is 0. The number of aromatic nitrogens is 2. The number of carbonyl (C=O) groups excluding carboxylic acids is 2. The molecular weight excluding hydrogens is 420 g/mol. The van der Waals surface area contributed by atoms with Crippen molar-refractivity contribution >= 4 is 28.9 Å². The monoisotopic (exact) mass is 450 g/mol. The van der Waals surface area contributed by atoms with Gasteiger partial charge in [0.1, 0.15) is 5.82 Å². The van der Waals surface area contributed by atoms with Gasteiger partial charge in [-0.15, -0.1) is 0 Å². The largest absolute Gasteiger partial charge is 0.490 e. The third-order valence-corrected chi connectivity index (χ3v) is 4.97. The number of amides is 2. The summed E-state index contributed by atoms with van der Waals surface area (Å²) < 4.78 is 13.3. The summed E-state index contributed by atoms with van der Waals surface area (Å²) in [6.07, 6.45) is 5.06. The summed E-state index contributed by atoms with van der Waals surface area (Å²) in [6.45, 7) is 5.15. The van der Waals surface area contributed by atoms with Crippen LogP contribution in [0.2, 0.25) is 0 Å². The fourth-order valence-electron chi connectivity index (χ4n) is 3.23. The molecule has 174 valence electrons. The SMILES string of the molecule is CCCCOc1ccc(/C=C/C(=O)NNC(=O)Cc2nc3ccccc3n2C)cc1OCC. The third-order valence-electron chi connectivity index (χ3n) is 4.97. The van der Waals surface area contributed by atoms with E-state index in [1.54, 1.807) is 6.08 Å². The van der Waals surface area contributed by atoms with Gasteiger partial charge in [-0.2, -0.15) is 0 Å². The Kier molecular flexibility index (Phi) is 8.46. The van der Waals surface area contributed by atoms with Crippen molar-refractivity contribution in [3.8, 4) is 11.5 Å². The van der Waals surface area contributed by atoms with Gasteiger partial charge >= 0.3 is 0 Å². The number of hydrogen-bond donors (Lipinski definition) is 2. The fourth-order valence-corrected chi connectivity index (χ4v) is 3.23. The Morgan fingerprint density at radius 3 is 2.64 bits per heavy atom. The number of nitrogens with zero attached hydrogens (tertiary/aromatic N) is 2. The van der Waals surface area contributed by atoms with Crippen LogP contribution in [0.4, 0.5) is 0 Å². The minimum atomic E-state index is -0.449. The molecule has 33 heavy (non-hydrogen) atoms. The van der Waals surface area contributed by atoms with Crippen LogP contribution >= 0.6 is 0 Å². The average molecular weight is 451 g/mol. The summed E-state index contributed by atoms with van der Waals surface area (Å²) in [5, 5.41) is 0. The Labute approximate surface area is 193 Å². The van der Waals surface area contributed by atoms with Crippen LogP contribution in [0.25, 0.3) is 17.1 Å². The molecule has 0 radical (unpaired) electrons. The second-order valence-corrected chi connectivity index (χ2v) is 7.46. The fraction of sp³-hybridized carbons (Fsp3) is 0.320. The van der Waals surface area contributed by atoms with Crippen LogP contribution in [0.3, 0.4) is 0 Å². The molecule has 0 saturated heterocycles. The molecule has 1 aromatic heterocycles. The van der Waals surface area contributed by atoms with Crippen LogP contribution in [0.1, 0.15) is 38.1 Å². The number of hydrazine groups is 1. The van der Waals surface area contributed by atoms with E-state index in [1.807, 2.05) is 61.0 Å². The Balaban J connectivity index is 1.54. The average Bonchev–Trinajstić information content (AvgIpc) is 3.13. The molecule has 8 heteroatoms. The zero-order valence-corrected chi connectivity index (χ0v) is 19.3. The Morgan fingerprint density at radius 2 is 1.88 bits per heavy atom. The first-order valence-electron chi connectivity index (χ1n) is 11.1. The van der Waals surface area contributed by atoms with Crippen LogP contribution in [0, 0.1) is 0 Å². The van der Waals surface area contributed by atoms with Crippen molar-refractivity contribution in [2.45, 2.75) is 33.1 Å². The van der Waals surface area contributed by atoms with Gasteiger partial charge in [0.05, 0.1) is 30.7 Å². The molecule has 0 unspecified atom stereocenters. The number of fused-ring (bicyclic) bond motifs is 1. The molecule has 0 bridgehead atoms. The lowest BCUT2D eigenvalue weighted by atomic mass is 10.2. The first-order valence-corrected chi connectivity index (χ1v) is 11.1. The van der Waals surface area contributed by atoms with E-state index in [2.05, 4.69) is 22.8 Å². The van der Waals surface area contributed by atoms with E-state index in [0.717, 1.165) is 29.4 Å². The maximum absolute atomic E-state index is 12.2. The van der Waals surface area contributed by atoms with Crippen LogP contribution in [-0.4, -0.2) is 34.6 Å². The zero-order chi connectivity index (χ0) is 23.6. The number of imidazole rings is 1. The van der Waals surface area contributed by atoms with Gasteiger partial charge < -0.3 is 14.0 Å². The first kappa shape index (κ1) is 23.8. The molecule has 2 amide bonds. The molecule has 3 aromatic rings. The van der Waals surface area contributed by atoms with Gasteiger partial charge in [0, 0.05) is 13.1 Å². The lowest BCUT2D eigenvalue weighted by Gasteiger charge is -2.12. The number of ether oxygens (including phenoxy) is 2. The molecule has 0 aliphatic heterocycles. The molecule has 1 heterocycles. The maximum Gasteiger partial charge on any atom is 0.262 e. The topological polar surface area (TPSA) is 94.5 Å². The Hall–Kier alpha value is -3.81. The standard InChI is InChI=1S/C25H30N4O4/c1-4-6-15-33-21-13-11-18(16-22(21)32-5-2)12-14-24(30)27-28-25(31)17-23-26-19-9-7-8-10-20(19)29(23)3/h7-14,16H,4-6,15,17H2,1-3H3,(H,27,30)(H,28,31)/b14-12+. The van der Waals surface area contributed by atoms with Crippen LogP contribution in [-0.2, 0) is 23.1 Å². The predicted octanol–water partition coefficient (Wildman–Crippen LogP) is 3.55. The van der Waals surface area contributed by atoms with Gasteiger partial charge in [-0.25, -0.2) is 4.98 Å². The second kappa shape index (κ2) is 11.7. The number of rotatable bonds is 10. The summed E-state index contributed by atoms with van der Waals surface area (Å²) in [7, 11) is 1.86. The molecule has 0 aliphatic carbocycles. The second-order valence-electron chi connectivity index (χ2n) is 7.46. The lowest BCUT2D eigenvalue weighted by molar-refractivity contribution is -0.126. The van der Waals surface area contributed by atoms with E-state index in [0.29, 0.717) is 30.5 Å². The van der Waals surface area contributed by atoms with E-state index in [4.69, 9.17) is 9.47 Å². The molecule has 0 aliphatic rings. The highest BCUT2D eigenvalue weighted by Gasteiger charge is 2.12. The summed E-state index contributed by atoms with van der Waals surface area (Å²) in [5.41, 5.74) is 7.36. The predicted molar refractivity (Wildman–Crippen MR) is 128 cm³/mol. The van der Waals surface area contributed by atoms with Crippen molar-refractivity contribution < 1.29 is 19.1 Å². The number of carbonyl (C=O) groups is 2. The van der Waals surface area contributed by atoms with Crippen molar-refractivity contribution in [2.75, 3.05) is 13.2 Å². The smallest absolute Gasteiger partial charge is 0.262 e. The molecule has 2 aromatic carbocycles. The highest BCUT2D eigenvalue weighted by Crippen LogP contribution is 2.29. The van der Waals surface area contributed by atoms with Gasteiger partial charge in [0.2, 0.25) is 5.91 Å². The van der Waals surface area contributed by atoms with Crippen molar-refractivity contribution in [2.24, 2.45) is 7.05 Å². The number of benzene rings is 2. The van der Waals surface area contributed by atoms with Crippen molar-refractivity contribution in [1.82, 2.24) is 20.4 Å². The minimum Gasteiger partial charge on any atom is -0.490 e. The molecular formula is C25H30N4O4. The van der Waals surface area contributed by atoms with E-state index in [1.165, 1.54) is 6.08 Å². The number of nitrogens with one attached hydrogen (secondary N) is 2. The van der Waals surface area contributed by atoms with E-state index < -0.39 is 5.91 Å². The summed E-state index contributed by atoms with van der Waals surface area (Å²) in [6, 6.07) is 13.1. The highest BCUT2D eigenvalue weighted by atomic mass is 16.5. The Morgan fingerprint density at radius 1 is 1.06 bits per heavy atom. The van der Waals surface area contributed by atoms with Crippen molar-refractivity contribution in [3.63, 3.8) is 0 Å². The lowest BCUT2D eigenvalue weighted by Crippen LogP contribution is -2.41. The van der Waals surface area contributed by atoms with Crippen LogP contribution in [0.5, 0.6) is 11.5 Å². The first-order chi connectivity index (χ1) is 16.0. The molecule has 0 spiro atoms. The van der Waals surface area contributed by atoms with Gasteiger partial charge in [0.25, 0.3) is 5.91 Å². The Bertz CT molecular complexity index is 1140. The van der Waals surface area contributed by atoms with Gasteiger partial charge in [0.15, 0.2) is 11.5 Å². The van der Waals surface area contributed by atoms with Crippen LogP contribution < -0.4 is 20.3 Å². The normalized spacial score (nSPS) is 11.0. The van der Waals surface area contributed by atoms with Crippen molar-refractivity contribution in [1.29, 1.82) is 0 Å². The minimum absolute atomic E-state index is 0.0480. The number of aryl methyl sites for hydroxylation is 1. The summed E-state index contributed by atoms with van der Waals surface area (Å²) in [4.78, 5) is 28.9. The van der Waals surface area contributed by atoms with E-state index >= 15 is 0 Å². The third kappa shape index (κ3) is 6.58. The van der Waals surface area contributed by atoms with Gasteiger partial charge in [-0.1, -0.05) is 31.5 Å². The van der Waals surface area contributed by atoms with Crippen molar-refractivity contribution in [3.05, 3.63) is 59.9 Å². The molecule has 3 rings (SSSR count). The molecule has 2 N–H and O–H groups in total. The van der Waals surface area contributed by atoms with Gasteiger partial charge in [-0.3, -0.25) is 20.4 Å². The van der Waals surface area contributed by atoms with Crippen LogP contribution in [0.15, 0.2) is 48.5 Å². The van der Waals surface area contributed by atoms with Gasteiger partial charge in [-0.05, 0) is 49.2 Å². The molecule has 0 saturated carbocycles. The molecule has 0 fully saturated rings. The summed E-state index contributed by atoms with van der Waals surface area (Å²) in [5.74, 6) is 1.12. The molecule has 0 atom stereocenters. The molecule has 8 nitrogen and oxygen atoms in total.